The van der Waals surface area contributed by atoms with E-state index in [9.17, 15) is 4.79 Å². The number of hydrogen-bond donors (Lipinski definition) is 2. The molecule has 7 nitrogen and oxygen atoms in total. The van der Waals surface area contributed by atoms with Crippen molar-refractivity contribution >= 4 is 50.7 Å². The van der Waals surface area contributed by atoms with Gasteiger partial charge in [-0.05, 0) is 25.1 Å². The molecule has 0 saturated heterocycles. The third kappa shape index (κ3) is 4.31. The van der Waals surface area contributed by atoms with Gasteiger partial charge >= 0.3 is 0 Å². The Hall–Kier alpha value is -3.04. The van der Waals surface area contributed by atoms with Gasteiger partial charge in [-0.3, -0.25) is 4.79 Å². The molecule has 0 bridgehead atoms. The minimum Gasteiger partial charge on any atom is -0.492 e. The van der Waals surface area contributed by atoms with E-state index in [1.165, 1.54) is 39.7 Å². The Balaban J connectivity index is 1.20. The van der Waals surface area contributed by atoms with Crippen LogP contribution in [0.3, 0.4) is 0 Å². The summed E-state index contributed by atoms with van der Waals surface area (Å²) in [6.07, 6.45) is 0.854. The fourth-order valence-electron chi connectivity index (χ4n) is 3.88. The van der Waals surface area contributed by atoms with Crippen LogP contribution in [0, 0.1) is 0 Å². The number of benzene rings is 2. The number of amides is 1. The molecule has 0 saturated carbocycles. The lowest BCUT2D eigenvalue weighted by Gasteiger charge is -2.27. The Bertz CT molecular complexity index is 1250. The highest BCUT2D eigenvalue weighted by atomic mass is 32.2. The van der Waals surface area contributed by atoms with E-state index in [-0.39, 0.29) is 5.91 Å². The average Bonchev–Trinajstić information content (AvgIpc) is 3.42. The van der Waals surface area contributed by atoms with Crippen molar-refractivity contribution < 1.29 is 9.53 Å². The van der Waals surface area contributed by atoms with Gasteiger partial charge in [0, 0.05) is 41.7 Å². The Morgan fingerprint density at radius 1 is 1.22 bits per heavy atom. The van der Waals surface area contributed by atoms with Crippen molar-refractivity contribution in [2.45, 2.75) is 24.2 Å². The number of nitrogens with one attached hydrogen (secondary N) is 2. The fraction of sp³-hybridized carbons (Fsp3) is 0.261. The highest BCUT2D eigenvalue weighted by Gasteiger charge is 2.24. The first-order chi connectivity index (χ1) is 15.7. The van der Waals surface area contributed by atoms with Gasteiger partial charge in [0.05, 0.1) is 18.0 Å². The molecule has 32 heavy (non-hydrogen) atoms. The first-order valence-corrected chi connectivity index (χ1v) is 12.3. The summed E-state index contributed by atoms with van der Waals surface area (Å²) in [6, 6.07) is 16.0. The molecule has 0 atom stereocenters. The minimum absolute atomic E-state index is 0.123. The molecule has 0 fully saturated rings. The summed E-state index contributed by atoms with van der Waals surface area (Å²) in [5, 5.41) is 13.6. The number of ether oxygens (including phenoxy) is 1. The van der Waals surface area contributed by atoms with E-state index in [0.717, 1.165) is 34.3 Å². The Morgan fingerprint density at radius 2 is 2.06 bits per heavy atom. The molecule has 0 radical (unpaired) electrons. The zero-order valence-electron chi connectivity index (χ0n) is 17.6. The highest BCUT2D eigenvalue weighted by Crippen LogP contribution is 2.32. The lowest BCUT2D eigenvalue weighted by atomic mass is 10.0. The fourth-order valence-corrected chi connectivity index (χ4v) is 5.55. The quantitative estimate of drug-likeness (QED) is 0.380. The molecular formula is C23H23N5O2S2. The van der Waals surface area contributed by atoms with Gasteiger partial charge in [0.1, 0.15) is 5.75 Å². The molecule has 4 aromatic rings. The van der Waals surface area contributed by atoms with Crippen molar-refractivity contribution in [3.63, 3.8) is 0 Å². The highest BCUT2D eigenvalue weighted by molar-refractivity contribution is 8.01. The maximum atomic E-state index is 12.9. The standard InChI is InChI=1S/C23H23N5O2S2/c1-2-30-20-10-6-5-9-19(20)25-22-26-27-23(32-22)31-14-21(29)28-12-11-18-16(13-28)15-7-3-4-8-17(15)24-18/h3-10,24H,2,11-14H2,1H3,(H,25,26). The van der Waals surface area contributed by atoms with Crippen LogP contribution in [0.25, 0.3) is 10.9 Å². The maximum Gasteiger partial charge on any atom is 0.233 e. The van der Waals surface area contributed by atoms with Crippen LogP contribution in [-0.4, -0.2) is 44.9 Å². The first-order valence-electron chi connectivity index (χ1n) is 10.5. The number of para-hydroxylation sites is 3. The zero-order valence-corrected chi connectivity index (χ0v) is 19.3. The van der Waals surface area contributed by atoms with Crippen molar-refractivity contribution in [2.75, 3.05) is 24.2 Å². The number of rotatable bonds is 7. The van der Waals surface area contributed by atoms with E-state index in [1.807, 2.05) is 48.2 Å². The smallest absolute Gasteiger partial charge is 0.233 e. The summed E-state index contributed by atoms with van der Waals surface area (Å²) in [4.78, 5) is 18.3. The molecule has 1 aliphatic heterocycles. The van der Waals surface area contributed by atoms with Crippen LogP contribution in [0.5, 0.6) is 5.75 Å². The SMILES string of the molecule is CCOc1ccccc1Nc1nnc(SCC(=O)N2CCc3[nH]c4ccccc4c3C2)s1. The van der Waals surface area contributed by atoms with Gasteiger partial charge in [-0.1, -0.05) is 53.4 Å². The van der Waals surface area contributed by atoms with Crippen LogP contribution >= 0.6 is 23.1 Å². The molecule has 9 heteroatoms. The Kier molecular flexibility index (Phi) is 6.00. The van der Waals surface area contributed by atoms with E-state index in [0.29, 0.717) is 24.0 Å². The number of anilines is 2. The third-order valence-electron chi connectivity index (χ3n) is 5.39. The van der Waals surface area contributed by atoms with Crippen molar-refractivity contribution in [2.24, 2.45) is 0 Å². The van der Waals surface area contributed by atoms with E-state index >= 15 is 0 Å². The summed E-state index contributed by atoms with van der Waals surface area (Å²) in [7, 11) is 0. The number of nitrogens with zero attached hydrogens (tertiary/aromatic N) is 3. The van der Waals surface area contributed by atoms with Gasteiger partial charge in [-0.15, -0.1) is 10.2 Å². The maximum absolute atomic E-state index is 12.9. The van der Waals surface area contributed by atoms with Crippen LogP contribution < -0.4 is 10.1 Å². The monoisotopic (exact) mass is 465 g/mol. The lowest BCUT2D eigenvalue weighted by molar-refractivity contribution is -0.129. The topological polar surface area (TPSA) is 83.1 Å². The second kappa shape index (κ2) is 9.22. The molecule has 0 aliphatic carbocycles. The molecule has 0 unspecified atom stereocenters. The van der Waals surface area contributed by atoms with Gasteiger partial charge in [-0.25, -0.2) is 0 Å². The van der Waals surface area contributed by atoms with Crippen LogP contribution in [-0.2, 0) is 17.8 Å². The molecule has 3 heterocycles. The number of thioether (sulfide) groups is 1. The molecular weight excluding hydrogens is 442 g/mol. The number of fused-ring (bicyclic) bond motifs is 3. The largest absolute Gasteiger partial charge is 0.492 e. The zero-order chi connectivity index (χ0) is 21.9. The Morgan fingerprint density at radius 3 is 2.97 bits per heavy atom. The van der Waals surface area contributed by atoms with E-state index < -0.39 is 0 Å². The van der Waals surface area contributed by atoms with Gasteiger partial charge < -0.3 is 19.9 Å². The molecule has 1 amide bonds. The lowest BCUT2D eigenvalue weighted by Crippen LogP contribution is -2.36. The van der Waals surface area contributed by atoms with Crippen molar-refractivity contribution in [1.29, 1.82) is 0 Å². The molecule has 2 aromatic carbocycles. The second-order valence-corrected chi connectivity index (χ2v) is 9.61. The van der Waals surface area contributed by atoms with Crippen LogP contribution in [0.1, 0.15) is 18.2 Å². The summed E-state index contributed by atoms with van der Waals surface area (Å²) in [6.45, 7) is 3.93. The van der Waals surface area contributed by atoms with Gasteiger partial charge in [0.2, 0.25) is 11.0 Å². The number of carbonyl (C=O) groups is 1. The van der Waals surface area contributed by atoms with Crippen molar-refractivity contribution in [1.82, 2.24) is 20.1 Å². The van der Waals surface area contributed by atoms with Crippen LogP contribution in [0.4, 0.5) is 10.8 Å². The average molecular weight is 466 g/mol. The van der Waals surface area contributed by atoms with Gasteiger partial charge in [0.25, 0.3) is 0 Å². The molecule has 5 rings (SSSR count). The summed E-state index contributed by atoms with van der Waals surface area (Å²) < 4.78 is 6.41. The number of H-pyrrole nitrogens is 1. The molecule has 2 N–H and O–H groups in total. The predicted octanol–water partition coefficient (Wildman–Crippen LogP) is 4.84. The van der Waals surface area contributed by atoms with Gasteiger partial charge in [-0.2, -0.15) is 0 Å². The van der Waals surface area contributed by atoms with Crippen molar-refractivity contribution in [3.8, 4) is 5.75 Å². The summed E-state index contributed by atoms with van der Waals surface area (Å²) in [5.74, 6) is 1.25. The number of aromatic amines is 1. The minimum atomic E-state index is 0.123. The number of hydrogen-bond acceptors (Lipinski definition) is 7. The van der Waals surface area contributed by atoms with Gasteiger partial charge in [0.15, 0.2) is 4.34 Å². The number of carbonyl (C=O) groups excluding carboxylic acids is 1. The summed E-state index contributed by atoms with van der Waals surface area (Å²) in [5.41, 5.74) is 4.47. The van der Waals surface area contributed by atoms with Crippen LogP contribution in [0.15, 0.2) is 52.9 Å². The summed E-state index contributed by atoms with van der Waals surface area (Å²) >= 11 is 2.86. The van der Waals surface area contributed by atoms with Crippen LogP contribution in [0.2, 0.25) is 0 Å². The van der Waals surface area contributed by atoms with E-state index in [1.54, 1.807) is 0 Å². The Labute approximate surface area is 194 Å². The van der Waals surface area contributed by atoms with E-state index in [4.69, 9.17) is 4.74 Å². The van der Waals surface area contributed by atoms with Crippen molar-refractivity contribution in [3.05, 3.63) is 59.8 Å². The molecule has 0 spiro atoms. The third-order valence-corrected chi connectivity index (χ3v) is 7.35. The normalized spacial score (nSPS) is 13.2. The molecule has 2 aromatic heterocycles. The first kappa shape index (κ1) is 20.8. The molecule has 1 aliphatic rings. The molecule has 164 valence electrons. The second-order valence-electron chi connectivity index (χ2n) is 7.41. The predicted molar refractivity (Wildman–Crippen MR) is 129 cm³/mol. The van der Waals surface area contributed by atoms with E-state index in [2.05, 4.69) is 32.6 Å². The number of aromatic nitrogens is 3.